The smallest absolute Gasteiger partial charge is 0.260 e. The third-order valence-electron chi connectivity index (χ3n) is 2.62. The van der Waals surface area contributed by atoms with Crippen molar-refractivity contribution in [3.63, 3.8) is 0 Å². The lowest BCUT2D eigenvalue weighted by Crippen LogP contribution is -2.56. The summed E-state index contributed by atoms with van der Waals surface area (Å²) >= 11 is 0. The molecular weight excluding hydrogens is 262 g/mol. The Labute approximate surface area is 105 Å². The fourth-order valence-corrected chi connectivity index (χ4v) is 2.66. The van der Waals surface area contributed by atoms with E-state index in [0.29, 0.717) is 5.82 Å². The molecular formula is C9H17N3O5S. The second-order valence-corrected chi connectivity index (χ2v) is 5.73. The fourth-order valence-electron chi connectivity index (χ4n) is 1.24. The lowest BCUT2D eigenvalue weighted by molar-refractivity contribution is 0.0581. The lowest BCUT2D eigenvalue weighted by atomic mass is 10.1. The predicted octanol–water partition coefficient (Wildman–Crippen LogP) is -2.28. The van der Waals surface area contributed by atoms with Crippen LogP contribution in [-0.4, -0.2) is 58.6 Å². The molecule has 0 saturated heterocycles. The normalized spacial score (nSPS) is 12.9. The number of sulfonamides is 1. The molecule has 0 aliphatic carbocycles. The van der Waals surface area contributed by atoms with Crippen LogP contribution in [0.3, 0.4) is 0 Å². The molecule has 0 saturated carbocycles. The van der Waals surface area contributed by atoms with Crippen LogP contribution in [0.5, 0.6) is 0 Å². The first kappa shape index (κ1) is 15.1. The van der Waals surface area contributed by atoms with Gasteiger partial charge in [0.05, 0.1) is 19.8 Å². The molecule has 8 nitrogen and oxygen atoms in total. The van der Waals surface area contributed by atoms with E-state index in [4.69, 9.17) is 15.3 Å². The maximum Gasteiger partial charge on any atom is 0.260 e. The molecule has 0 aliphatic rings. The van der Waals surface area contributed by atoms with Gasteiger partial charge in [-0.15, -0.1) is 0 Å². The van der Waals surface area contributed by atoms with Crippen LogP contribution in [0.4, 0.5) is 0 Å². The molecule has 18 heavy (non-hydrogen) atoms. The number of aromatic nitrogens is 2. The van der Waals surface area contributed by atoms with Crippen molar-refractivity contribution in [2.45, 2.75) is 17.5 Å². The highest BCUT2D eigenvalue weighted by molar-refractivity contribution is 7.89. The van der Waals surface area contributed by atoms with Crippen LogP contribution < -0.4 is 4.72 Å². The van der Waals surface area contributed by atoms with Gasteiger partial charge in [0.2, 0.25) is 0 Å². The Kier molecular flexibility index (Phi) is 4.46. The van der Waals surface area contributed by atoms with Gasteiger partial charge in [-0.25, -0.2) is 13.4 Å². The number of imidazole rings is 1. The van der Waals surface area contributed by atoms with Crippen LogP contribution in [0.15, 0.2) is 11.2 Å². The maximum atomic E-state index is 12.0. The maximum absolute atomic E-state index is 12.0. The summed E-state index contributed by atoms with van der Waals surface area (Å²) in [4.78, 5) is 3.84. The Balaban J connectivity index is 3.08. The van der Waals surface area contributed by atoms with Crippen LogP contribution in [0.1, 0.15) is 5.82 Å². The third kappa shape index (κ3) is 2.87. The summed E-state index contributed by atoms with van der Waals surface area (Å²) in [7, 11) is -2.38. The minimum Gasteiger partial charge on any atom is -0.394 e. The predicted molar refractivity (Wildman–Crippen MR) is 62.3 cm³/mol. The number of rotatable bonds is 6. The monoisotopic (exact) mass is 279 g/mol. The Hall–Kier alpha value is -1.00. The average molecular weight is 279 g/mol. The van der Waals surface area contributed by atoms with Gasteiger partial charge < -0.3 is 19.9 Å². The van der Waals surface area contributed by atoms with E-state index in [-0.39, 0.29) is 5.03 Å². The van der Waals surface area contributed by atoms with Gasteiger partial charge >= 0.3 is 0 Å². The van der Waals surface area contributed by atoms with Crippen LogP contribution in [0.2, 0.25) is 0 Å². The first-order valence-electron chi connectivity index (χ1n) is 5.17. The van der Waals surface area contributed by atoms with Crippen molar-refractivity contribution >= 4 is 10.0 Å². The van der Waals surface area contributed by atoms with E-state index < -0.39 is 35.4 Å². The molecule has 1 heterocycles. The van der Waals surface area contributed by atoms with Crippen molar-refractivity contribution in [2.75, 3.05) is 19.8 Å². The highest BCUT2D eigenvalue weighted by atomic mass is 32.2. The van der Waals surface area contributed by atoms with E-state index in [1.807, 2.05) is 0 Å². The van der Waals surface area contributed by atoms with Crippen molar-refractivity contribution in [2.24, 2.45) is 7.05 Å². The average Bonchev–Trinajstić information content (AvgIpc) is 2.68. The van der Waals surface area contributed by atoms with Crippen molar-refractivity contribution in [1.29, 1.82) is 0 Å². The van der Waals surface area contributed by atoms with Crippen molar-refractivity contribution in [3.05, 3.63) is 12.0 Å². The highest BCUT2D eigenvalue weighted by Crippen LogP contribution is 2.12. The molecule has 9 heteroatoms. The van der Waals surface area contributed by atoms with Crippen molar-refractivity contribution in [3.8, 4) is 0 Å². The van der Waals surface area contributed by atoms with Gasteiger partial charge in [-0.1, -0.05) is 0 Å². The minimum absolute atomic E-state index is 0.234. The molecule has 0 bridgehead atoms. The SMILES string of the molecule is Cc1nc(S(=O)(=O)NC(CO)(CO)CO)cn1C. The number of aryl methyl sites for hydroxylation is 2. The molecule has 0 amide bonds. The lowest BCUT2D eigenvalue weighted by Gasteiger charge is -2.27. The Morgan fingerprint density at radius 3 is 2.17 bits per heavy atom. The first-order chi connectivity index (χ1) is 8.30. The van der Waals surface area contributed by atoms with E-state index in [1.54, 1.807) is 14.0 Å². The molecule has 0 atom stereocenters. The Morgan fingerprint density at radius 1 is 1.33 bits per heavy atom. The van der Waals surface area contributed by atoms with Crippen LogP contribution in [-0.2, 0) is 17.1 Å². The fraction of sp³-hybridized carbons (Fsp3) is 0.667. The number of nitrogens with zero attached hydrogens (tertiary/aromatic N) is 2. The second-order valence-electron chi connectivity index (χ2n) is 4.10. The van der Waals surface area contributed by atoms with E-state index in [9.17, 15) is 8.42 Å². The Bertz CT molecular complexity index is 479. The largest absolute Gasteiger partial charge is 0.394 e. The summed E-state index contributed by atoms with van der Waals surface area (Å²) in [5, 5.41) is 27.0. The summed E-state index contributed by atoms with van der Waals surface area (Å²) in [5.41, 5.74) is -1.70. The van der Waals surface area contributed by atoms with Gasteiger partial charge in [0.1, 0.15) is 11.4 Å². The van der Waals surface area contributed by atoms with Gasteiger partial charge in [0.25, 0.3) is 10.0 Å². The topological polar surface area (TPSA) is 125 Å². The van der Waals surface area contributed by atoms with Crippen molar-refractivity contribution < 1.29 is 23.7 Å². The van der Waals surface area contributed by atoms with E-state index in [1.165, 1.54) is 10.8 Å². The summed E-state index contributed by atoms with van der Waals surface area (Å²) < 4.78 is 27.5. The minimum atomic E-state index is -4.02. The molecule has 0 fully saturated rings. The van der Waals surface area contributed by atoms with Crippen LogP contribution >= 0.6 is 0 Å². The van der Waals surface area contributed by atoms with Gasteiger partial charge in [0, 0.05) is 13.2 Å². The summed E-state index contributed by atoms with van der Waals surface area (Å²) in [6.45, 7) is -0.558. The zero-order valence-corrected chi connectivity index (χ0v) is 11.0. The van der Waals surface area contributed by atoms with Gasteiger partial charge in [-0.05, 0) is 6.92 Å². The molecule has 1 aromatic heterocycles. The zero-order valence-electron chi connectivity index (χ0n) is 10.2. The molecule has 4 N–H and O–H groups in total. The van der Waals surface area contributed by atoms with E-state index in [0.717, 1.165) is 0 Å². The number of hydrogen-bond acceptors (Lipinski definition) is 6. The summed E-state index contributed by atoms with van der Waals surface area (Å²) in [5.74, 6) is 0.498. The second kappa shape index (κ2) is 5.33. The molecule has 0 aliphatic heterocycles. The molecule has 104 valence electrons. The summed E-state index contributed by atoms with van der Waals surface area (Å²) in [6.07, 6.45) is 1.30. The van der Waals surface area contributed by atoms with E-state index >= 15 is 0 Å². The molecule has 1 rings (SSSR count). The Morgan fingerprint density at radius 2 is 1.83 bits per heavy atom. The van der Waals surface area contributed by atoms with Gasteiger partial charge in [0.15, 0.2) is 5.03 Å². The molecule has 0 radical (unpaired) electrons. The first-order valence-corrected chi connectivity index (χ1v) is 6.65. The third-order valence-corrected chi connectivity index (χ3v) is 4.07. The number of aliphatic hydroxyl groups is 3. The van der Waals surface area contributed by atoms with Gasteiger partial charge in [-0.2, -0.15) is 4.72 Å². The molecule has 0 aromatic carbocycles. The molecule has 0 spiro atoms. The van der Waals surface area contributed by atoms with Crippen LogP contribution in [0.25, 0.3) is 0 Å². The number of nitrogens with one attached hydrogen (secondary N) is 1. The van der Waals surface area contributed by atoms with E-state index in [2.05, 4.69) is 9.71 Å². The van der Waals surface area contributed by atoms with Crippen LogP contribution in [0, 0.1) is 6.92 Å². The molecule has 0 unspecified atom stereocenters. The molecule has 1 aromatic rings. The standard InChI is InChI=1S/C9H17N3O5S/c1-7-10-8(3-12(7)2)18(16,17)11-9(4-13,5-14)6-15/h3,11,13-15H,4-6H2,1-2H3. The quantitative estimate of drug-likeness (QED) is 0.465. The van der Waals surface area contributed by atoms with Crippen molar-refractivity contribution in [1.82, 2.24) is 14.3 Å². The number of aliphatic hydroxyl groups excluding tert-OH is 3. The highest BCUT2D eigenvalue weighted by Gasteiger charge is 2.34. The number of hydrogen-bond donors (Lipinski definition) is 4. The van der Waals surface area contributed by atoms with Gasteiger partial charge in [-0.3, -0.25) is 0 Å². The zero-order chi connectivity index (χ0) is 14.0. The summed E-state index contributed by atoms with van der Waals surface area (Å²) in [6, 6.07) is 0.